The van der Waals surface area contributed by atoms with Gasteiger partial charge in [0.1, 0.15) is 17.1 Å². The van der Waals surface area contributed by atoms with Crippen LogP contribution in [0.5, 0.6) is 5.75 Å². The number of nitrogens with zero attached hydrogens (tertiary/aromatic N) is 2. The fraction of sp³-hybridized carbons (Fsp3) is 0.250. The normalized spacial score (nSPS) is 16.7. The highest BCUT2D eigenvalue weighted by molar-refractivity contribution is 5.89. The van der Waals surface area contributed by atoms with E-state index in [0.29, 0.717) is 12.6 Å². The summed E-state index contributed by atoms with van der Waals surface area (Å²) in [6, 6.07) is 10.1. The molecule has 2 atom stereocenters. The van der Waals surface area contributed by atoms with E-state index in [9.17, 15) is 22.8 Å². The molecule has 0 unspecified atom stereocenters. The highest BCUT2D eigenvalue weighted by Crippen LogP contribution is 2.38. The van der Waals surface area contributed by atoms with Crippen molar-refractivity contribution < 1.29 is 32.6 Å². The minimum atomic E-state index is -4.74. The molecule has 0 bridgehead atoms. The molecule has 0 saturated carbocycles. The number of anilines is 3. The van der Waals surface area contributed by atoms with Crippen LogP contribution >= 0.6 is 0 Å². The number of hydrogen-bond donors (Lipinski definition) is 4. The van der Waals surface area contributed by atoms with Crippen LogP contribution in [0.25, 0.3) is 0 Å². The van der Waals surface area contributed by atoms with Gasteiger partial charge >= 0.3 is 12.1 Å². The van der Waals surface area contributed by atoms with E-state index in [2.05, 4.69) is 25.9 Å². The summed E-state index contributed by atoms with van der Waals surface area (Å²) in [4.78, 5) is 30.9. The predicted molar refractivity (Wildman–Crippen MR) is 124 cm³/mol. The van der Waals surface area contributed by atoms with Crippen molar-refractivity contribution in [3.05, 3.63) is 70.9 Å². The number of carboxylic acids is 1. The Bertz CT molecular complexity index is 1320. The zero-order valence-corrected chi connectivity index (χ0v) is 19.2. The lowest BCUT2D eigenvalue weighted by molar-refractivity contribution is -0.137. The number of aromatic carboxylic acids is 1. The minimum absolute atomic E-state index is 0.0297. The van der Waals surface area contributed by atoms with Gasteiger partial charge in [-0.15, -0.1) is 0 Å². The first kappa shape index (κ1) is 24.8. The van der Waals surface area contributed by atoms with E-state index >= 15 is 0 Å². The SMILES string of the molecule is COc1cc(C(=O)O)ccc1Nc1ncc(C(F)(F)F)c(N[C@@H]2Cc3ccccc3[C@H]2NC(C)=O)n1. The molecule has 0 fully saturated rings. The second kappa shape index (κ2) is 9.72. The number of fused-ring (bicyclic) bond motifs is 1. The third-order valence-electron chi connectivity index (χ3n) is 5.70. The summed E-state index contributed by atoms with van der Waals surface area (Å²) in [5, 5.41) is 17.6. The maximum atomic E-state index is 13.8. The number of hydrogen-bond acceptors (Lipinski definition) is 7. The number of aromatic nitrogens is 2. The van der Waals surface area contributed by atoms with Crippen LogP contribution in [0.3, 0.4) is 0 Å². The van der Waals surface area contributed by atoms with Crippen molar-refractivity contribution in [3.8, 4) is 5.75 Å². The number of benzene rings is 2. The van der Waals surface area contributed by atoms with Crippen molar-refractivity contribution in [2.75, 3.05) is 17.7 Å². The van der Waals surface area contributed by atoms with Gasteiger partial charge in [-0.3, -0.25) is 4.79 Å². The lowest BCUT2D eigenvalue weighted by Crippen LogP contribution is -2.37. The quantitative estimate of drug-likeness (QED) is 0.380. The first-order valence-corrected chi connectivity index (χ1v) is 10.8. The van der Waals surface area contributed by atoms with Crippen LogP contribution in [-0.2, 0) is 17.4 Å². The summed E-state index contributed by atoms with van der Waals surface area (Å²) in [7, 11) is 1.33. The lowest BCUT2D eigenvalue weighted by atomic mass is 10.1. The number of halogens is 3. The van der Waals surface area contributed by atoms with Gasteiger partial charge in [0.2, 0.25) is 11.9 Å². The smallest absolute Gasteiger partial charge is 0.421 e. The number of alkyl halides is 3. The molecule has 4 N–H and O–H groups in total. The van der Waals surface area contributed by atoms with E-state index in [1.54, 1.807) is 6.07 Å². The summed E-state index contributed by atoms with van der Waals surface area (Å²) in [5.74, 6) is -1.97. The number of methoxy groups -OCH3 is 1. The number of ether oxygens (including phenoxy) is 1. The average molecular weight is 501 g/mol. The van der Waals surface area contributed by atoms with Crippen molar-refractivity contribution in [2.24, 2.45) is 0 Å². The molecule has 4 rings (SSSR count). The second-order valence-corrected chi connectivity index (χ2v) is 8.13. The van der Waals surface area contributed by atoms with Crippen molar-refractivity contribution in [2.45, 2.75) is 31.6 Å². The first-order valence-electron chi connectivity index (χ1n) is 10.8. The topological polar surface area (TPSA) is 125 Å². The molecule has 1 aliphatic rings. The summed E-state index contributed by atoms with van der Waals surface area (Å²) in [6.45, 7) is 1.34. The monoisotopic (exact) mass is 501 g/mol. The Hall–Kier alpha value is -4.35. The standard InChI is InChI=1S/C24H22F3N5O4/c1-12(33)29-20-15-6-4-3-5-13(15)9-18(20)30-21-16(24(25,26)27)11-28-23(32-21)31-17-8-7-14(22(34)35)10-19(17)36-2/h3-8,10-11,18,20H,9H2,1-2H3,(H,29,33)(H,34,35)(H2,28,30,31,32)/t18-,20-/m1/s1. The van der Waals surface area contributed by atoms with E-state index in [1.807, 2.05) is 18.2 Å². The summed E-state index contributed by atoms with van der Waals surface area (Å²) < 4.78 is 46.6. The molecule has 0 radical (unpaired) electrons. The Balaban J connectivity index is 1.68. The highest BCUT2D eigenvalue weighted by atomic mass is 19.4. The summed E-state index contributed by atoms with van der Waals surface area (Å²) in [6.07, 6.45) is -3.71. The zero-order chi connectivity index (χ0) is 26.0. The van der Waals surface area contributed by atoms with Gasteiger partial charge in [0, 0.05) is 13.1 Å². The van der Waals surface area contributed by atoms with Crippen LogP contribution in [0.4, 0.5) is 30.6 Å². The molecule has 1 amide bonds. The van der Waals surface area contributed by atoms with Gasteiger partial charge in [-0.1, -0.05) is 24.3 Å². The Labute approximate surface area is 203 Å². The lowest BCUT2D eigenvalue weighted by Gasteiger charge is -2.24. The number of nitrogens with one attached hydrogen (secondary N) is 3. The molecule has 3 aromatic rings. The van der Waals surface area contributed by atoms with Crippen molar-refractivity contribution in [1.29, 1.82) is 0 Å². The van der Waals surface area contributed by atoms with Gasteiger partial charge < -0.3 is 25.8 Å². The van der Waals surface area contributed by atoms with E-state index < -0.39 is 35.6 Å². The van der Waals surface area contributed by atoms with Gasteiger partial charge in [-0.2, -0.15) is 18.2 Å². The van der Waals surface area contributed by atoms with Gasteiger partial charge in [0.25, 0.3) is 0 Å². The van der Waals surface area contributed by atoms with Crippen LogP contribution in [0, 0.1) is 0 Å². The number of rotatable bonds is 7. The molecular formula is C24H22F3N5O4. The van der Waals surface area contributed by atoms with Crippen LogP contribution in [-0.4, -0.2) is 40.1 Å². The molecule has 12 heteroatoms. The van der Waals surface area contributed by atoms with E-state index in [0.717, 1.165) is 11.1 Å². The number of carbonyl (C=O) groups is 2. The highest BCUT2D eigenvalue weighted by Gasteiger charge is 2.38. The minimum Gasteiger partial charge on any atom is -0.495 e. The molecule has 9 nitrogen and oxygen atoms in total. The molecule has 0 aliphatic heterocycles. The average Bonchev–Trinajstić information content (AvgIpc) is 3.15. The van der Waals surface area contributed by atoms with E-state index in [-0.39, 0.29) is 28.9 Å². The van der Waals surface area contributed by atoms with Gasteiger partial charge in [0.05, 0.1) is 30.4 Å². The van der Waals surface area contributed by atoms with Gasteiger partial charge in [-0.05, 0) is 35.7 Å². The molecule has 1 heterocycles. The van der Waals surface area contributed by atoms with Crippen LogP contribution in [0.15, 0.2) is 48.7 Å². The first-order chi connectivity index (χ1) is 17.1. The summed E-state index contributed by atoms with van der Waals surface area (Å²) >= 11 is 0. The third kappa shape index (κ3) is 5.16. The molecular weight excluding hydrogens is 479 g/mol. The van der Waals surface area contributed by atoms with Gasteiger partial charge in [-0.25, -0.2) is 9.78 Å². The fourth-order valence-electron chi connectivity index (χ4n) is 4.11. The number of carbonyl (C=O) groups excluding carboxylic acids is 1. The number of carboxylic acid groups (broad SMARTS) is 1. The largest absolute Gasteiger partial charge is 0.495 e. The van der Waals surface area contributed by atoms with Crippen LogP contribution in [0.1, 0.15) is 40.0 Å². The Morgan fingerprint density at radius 1 is 1.17 bits per heavy atom. The molecule has 188 valence electrons. The summed E-state index contributed by atoms with van der Waals surface area (Å²) in [5.41, 5.74) is 0.877. The molecule has 0 saturated heterocycles. The molecule has 0 spiro atoms. The maximum absolute atomic E-state index is 13.8. The number of amides is 1. The second-order valence-electron chi connectivity index (χ2n) is 8.13. The van der Waals surface area contributed by atoms with Crippen molar-refractivity contribution in [1.82, 2.24) is 15.3 Å². The molecule has 2 aromatic carbocycles. The Kier molecular flexibility index (Phi) is 6.69. The van der Waals surface area contributed by atoms with Crippen LogP contribution < -0.4 is 20.7 Å². The van der Waals surface area contributed by atoms with Crippen molar-refractivity contribution in [3.63, 3.8) is 0 Å². The molecule has 1 aromatic heterocycles. The van der Waals surface area contributed by atoms with Gasteiger partial charge in [0.15, 0.2) is 0 Å². The Morgan fingerprint density at radius 2 is 1.92 bits per heavy atom. The van der Waals surface area contributed by atoms with Crippen molar-refractivity contribution >= 4 is 29.3 Å². The van der Waals surface area contributed by atoms with E-state index in [1.165, 1.54) is 32.2 Å². The molecule has 1 aliphatic carbocycles. The van der Waals surface area contributed by atoms with E-state index in [4.69, 9.17) is 9.84 Å². The molecule has 36 heavy (non-hydrogen) atoms. The maximum Gasteiger partial charge on any atom is 0.421 e. The predicted octanol–water partition coefficient (Wildman–Crippen LogP) is 4.16. The third-order valence-corrected chi connectivity index (χ3v) is 5.70. The fourth-order valence-corrected chi connectivity index (χ4v) is 4.11. The zero-order valence-electron chi connectivity index (χ0n) is 19.2. The Morgan fingerprint density at radius 3 is 2.58 bits per heavy atom. The van der Waals surface area contributed by atoms with Crippen LogP contribution in [0.2, 0.25) is 0 Å².